The van der Waals surface area contributed by atoms with E-state index in [-0.39, 0.29) is 11.7 Å². The summed E-state index contributed by atoms with van der Waals surface area (Å²) in [5.74, 6) is 0.0562. The molecule has 20 heavy (non-hydrogen) atoms. The number of hydrogen-bond donors (Lipinski definition) is 2. The molecule has 2 N–H and O–H groups in total. The number of carbonyl (C=O) groups is 1. The molecule has 1 aromatic carbocycles. The summed E-state index contributed by atoms with van der Waals surface area (Å²) >= 11 is 0. The number of piperazine rings is 1. The lowest BCUT2D eigenvalue weighted by Gasteiger charge is -2.43. The molecule has 0 spiro atoms. The molecule has 0 unspecified atom stereocenters. The number of nitrogens with zero attached hydrogens (tertiary/aromatic N) is 2. The van der Waals surface area contributed by atoms with Crippen LogP contribution in [0.4, 0.5) is 0 Å². The average Bonchev–Trinajstić information content (AvgIpc) is 2.40. The number of phenolic OH excluding ortho intramolecular Hbond substituents is 1. The standard InChI is InChI=1S/C15H21N3O2/c1-11-3-2-4-13(14(11)19)15(20)18-7-5-17(6-8-18)12-9-16-10-12/h2-4,12,16,19H,5-10H2,1H3. The van der Waals surface area contributed by atoms with E-state index in [4.69, 9.17) is 0 Å². The van der Waals surface area contributed by atoms with E-state index < -0.39 is 0 Å². The number of para-hydroxylation sites is 1. The van der Waals surface area contributed by atoms with Crippen molar-refractivity contribution >= 4 is 5.91 Å². The Kier molecular flexibility index (Phi) is 3.63. The maximum absolute atomic E-state index is 12.5. The first-order valence-corrected chi connectivity index (χ1v) is 7.19. The van der Waals surface area contributed by atoms with Crippen molar-refractivity contribution in [2.24, 2.45) is 0 Å². The van der Waals surface area contributed by atoms with Gasteiger partial charge in [0.15, 0.2) is 0 Å². The van der Waals surface area contributed by atoms with E-state index in [1.54, 1.807) is 6.07 Å². The van der Waals surface area contributed by atoms with Gasteiger partial charge in [-0.2, -0.15) is 0 Å². The van der Waals surface area contributed by atoms with Gasteiger partial charge in [0, 0.05) is 45.3 Å². The molecule has 1 aromatic rings. The Balaban J connectivity index is 1.65. The SMILES string of the molecule is Cc1cccc(C(=O)N2CCN(C3CNC3)CC2)c1O. The number of nitrogens with one attached hydrogen (secondary N) is 1. The molecule has 0 bridgehead atoms. The molecule has 0 aromatic heterocycles. The Bertz CT molecular complexity index is 506. The van der Waals surface area contributed by atoms with Crippen molar-refractivity contribution in [2.45, 2.75) is 13.0 Å². The summed E-state index contributed by atoms with van der Waals surface area (Å²) in [5, 5.41) is 13.3. The van der Waals surface area contributed by atoms with Crippen molar-refractivity contribution in [3.8, 4) is 5.75 Å². The second-order valence-corrected chi connectivity index (χ2v) is 5.61. The van der Waals surface area contributed by atoms with Crippen molar-refractivity contribution in [2.75, 3.05) is 39.3 Å². The van der Waals surface area contributed by atoms with Crippen molar-refractivity contribution < 1.29 is 9.90 Å². The van der Waals surface area contributed by atoms with Crippen molar-refractivity contribution in [3.63, 3.8) is 0 Å². The number of aryl methyl sites for hydroxylation is 1. The molecule has 1 amide bonds. The predicted molar refractivity (Wildman–Crippen MR) is 77.0 cm³/mol. The van der Waals surface area contributed by atoms with Gasteiger partial charge in [0.25, 0.3) is 5.91 Å². The first kappa shape index (κ1) is 13.4. The molecular weight excluding hydrogens is 254 g/mol. The van der Waals surface area contributed by atoms with Crippen LogP contribution in [0.3, 0.4) is 0 Å². The Morgan fingerprint density at radius 1 is 1.25 bits per heavy atom. The lowest BCUT2D eigenvalue weighted by Crippen LogP contribution is -2.62. The number of rotatable bonds is 2. The highest BCUT2D eigenvalue weighted by Crippen LogP contribution is 2.23. The van der Waals surface area contributed by atoms with Gasteiger partial charge >= 0.3 is 0 Å². The third kappa shape index (κ3) is 2.39. The summed E-state index contributed by atoms with van der Waals surface area (Å²) in [4.78, 5) is 16.8. The Hall–Kier alpha value is -1.59. The monoisotopic (exact) mass is 275 g/mol. The van der Waals surface area contributed by atoms with E-state index in [2.05, 4.69) is 10.2 Å². The molecular formula is C15H21N3O2. The summed E-state index contributed by atoms with van der Waals surface area (Å²) in [5.41, 5.74) is 1.17. The minimum Gasteiger partial charge on any atom is -0.507 e. The number of amides is 1. The van der Waals surface area contributed by atoms with Crippen LogP contribution in [-0.4, -0.2) is 66.1 Å². The van der Waals surface area contributed by atoms with Crippen molar-refractivity contribution in [1.29, 1.82) is 0 Å². The van der Waals surface area contributed by atoms with Gasteiger partial charge in [-0.1, -0.05) is 12.1 Å². The van der Waals surface area contributed by atoms with Gasteiger partial charge in [-0.15, -0.1) is 0 Å². The Labute approximate surface area is 119 Å². The van der Waals surface area contributed by atoms with Crippen molar-refractivity contribution in [3.05, 3.63) is 29.3 Å². The number of aromatic hydroxyl groups is 1. The van der Waals surface area contributed by atoms with Crippen LogP contribution in [0.2, 0.25) is 0 Å². The molecule has 3 rings (SSSR count). The molecule has 2 aliphatic rings. The minimum atomic E-state index is -0.0578. The zero-order valence-corrected chi connectivity index (χ0v) is 11.8. The highest BCUT2D eigenvalue weighted by molar-refractivity contribution is 5.97. The lowest BCUT2D eigenvalue weighted by atomic mass is 10.1. The quantitative estimate of drug-likeness (QED) is 0.822. The predicted octanol–water partition coefficient (Wildman–Crippen LogP) is 0.430. The molecule has 2 aliphatic heterocycles. The van der Waals surface area contributed by atoms with E-state index in [9.17, 15) is 9.90 Å². The number of hydrogen-bond acceptors (Lipinski definition) is 4. The zero-order valence-electron chi connectivity index (χ0n) is 11.8. The third-order valence-corrected chi connectivity index (χ3v) is 4.35. The van der Waals surface area contributed by atoms with E-state index in [0.29, 0.717) is 11.6 Å². The van der Waals surface area contributed by atoms with Crippen LogP contribution in [0.5, 0.6) is 5.75 Å². The van der Waals surface area contributed by atoms with Crippen LogP contribution < -0.4 is 5.32 Å². The molecule has 0 saturated carbocycles. The smallest absolute Gasteiger partial charge is 0.257 e. The second-order valence-electron chi connectivity index (χ2n) is 5.61. The number of carbonyl (C=O) groups excluding carboxylic acids is 1. The molecule has 2 saturated heterocycles. The van der Waals surface area contributed by atoms with E-state index in [1.165, 1.54) is 0 Å². The van der Waals surface area contributed by atoms with Gasteiger partial charge in [-0.05, 0) is 18.6 Å². The molecule has 2 heterocycles. The van der Waals surface area contributed by atoms with Gasteiger partial charge in [0.05, 0.1) is 5.56 Å². The molecule has 0 radical (unpaired) electrons. The van der Waals surface area contributed by atoms with Crippen LogP contribution in [0.15, 0.2) is 18.2 Å². The largest absolute Gasteiger partial charge is 0.507 e. The van der Waals surface area contributed by atoms with Gasteiger partial charge in [-0.25, -0.2) is 0 Å². The molecule has 2 fully saturated rings. The second kappa shape index (κ2) is 5.42. The van der Waals surface area contributed by atoms with Crippen molar-refractivity contribution in [1.82, 2.24) is 15.1 Å². The Morgan fingerprint density at radius 2 is 1.95 bits per heavy atom. The van der Waals surface area contributed by atoms with Crippen LogP contribution in [-0.2, 0) is 0 Å². The maximum atomic E-state index is 12.5. The first-order chi connectivity index (χ1) is 9.66. The topological polar surface area (TPSA) is 55.8 Å². The first-order valence-electron chi connectivity index (χ1n) is 7.19. The fraction of sp³-hybridized carbons (Fsp3) is 0.533. The summed E-state index contributed by atoms with van der Waals surface area (Å²) in [6, 6.07) is 5.97. The third-order valence-electron chi connectivity index (χ3n) is 4.35. The summed E-state index contributed by atoms with van der Waals surface area (Å²) in [6.07, 6.45) is 0. The summed E-state index contributed by atoms with van der Waals surface area (Å²) < 4.78 is 0. The van der Waals surface area contributed by atoms with E-state index in [1.807, 2.05) is 24.0 Å². The molecule has 5 nitrogen and oxygen atoms in total. The molecule has 0 aliphatic carbocycles. The summed E-state index contributed by atoms with van der Waals surface area (Å²) in [6.45, 7) is 7.26. The maximum Gasteiger partial charge on any atom is 0.257 e. The minimum absolute atomic E-state index is 0.0578. The van der Waals surface area contributed by atoms with Gasteiger partial charge in [0.2, 0.25) is 0 Å². The fourth-order valence-corrected chi connectivity index (χ4v) is 2.82. The molecule has 108 valence electrons. The normalized spacial score (nSPS) is 20.8. The molecule has 5 heteroatoms. The number of phenols is 1. The lowest BCUT2D eigenvalue weighted by molar-refractivity contribution is 0.0499. The number of benzene rings is 1. The van der Waals surface area contributed by atoms with Crippen LogP contribution in [0.1, 0.15) is 15.9 Å². The highest BCUT2D eigenvalue weighted by Gasteiger charge is 2.30. The van der Waals surface area contributed by atoms with E-state index in [0.717, 1.165) is 44.8 Å². The van der Waals surface area contributed by atoms with E-state index >= 15 is 0 Å². The van der Waals surface area contributed by atoms with Crippen LogP contribution in [0.25, 0.3) is 0 Å². The van der Waals surface area contributed by atoms with Gasteiger partial charge in [-0.3, -0.25) is 9.69 Å². The zero-order chi connectivity index (χ0) is 14.1. The van der Waals surface area contributed by atoms with Crippen LogP contribution >= 0.6 is 0 Å². The fourth-order valence-electron chi connectivity index (χ4n) is 2.82. The summed E-state index contributed by atoms with van der Waals surface area (Å²) in [7, 11) is 0. The van der Waals surface area contributed by atoms with Gasteiger partial charge in [0.1, 0.15) is 5.75 Å². The van der Waals surface area contributed by atoms with Crippen LogP contribution in [0, 0.1) is 6.92 Å². The highest BCUT2D eigenvalue weighted by atomic mass is 16.3. The average molecular weight is 275 g/mol. The molecule has 0 atom stereocenters. The van der Waals surface area contributed by atoms with Gasteiger partial charge < -0.3 is 15.3 Å². The Morgan fingerprint density at radius 3 is 2.55 bits per heavy atom.